The molecule has 0 unspecified atom stereocenters. The molecule has 6 heteroatoms. The van der Waals surface area contributed by atoms with Crippen LogP contribution in [0, 0.1) is 5.41 Å². The Morgan fingerprint density at radius 2 is 1.78 bits per heavy atom. The molecule has 0 aromatic heterocycles. The summed E-state index contributed by atoms with van der Waals surface area (Å²) in [7, 11) is 1.34. The quantitative estimate of drug-likeness (QED) is 0.703. The standard InChI is InChI=1S/C21H28FNO4/c1-20(2,3)27-19(25)23-10-9-21(11-16(22)12-21)13-17(23)14-5-7-15(8-6-14)18(24)26-4/h5-8,16-17H,9-13H2,1-4H3/t16?,17-,21?/m0/s1. The summed E-state index contributed by atoms with van der Waals surface area (Å²) < 4.78 is 23.9. The normalized spacial score (nSPS) is 27.8. The molecule has 27 heavy (non-hydrogen) atoms. The van der Waals surface area contributed by atoms with Gasteiger partial charge in [-0.05, 0) is 69.6 Å². The molecule has 1 saturated heterocycles. The third-order valence-electron chi connectivity index (χ3n) is 5.54. The number of alkyl halides is 1. The van der Waals surface area contributed by atoms with Crippen LogP contribution in [0.1, 0.15) is 68.4 Å². The molecule has 5 nitrogen and oxygen atoms in total. The van der Waals surface area contributed by atoms with Gasteiger partial charge in [-0.2, -0.15) is 0 Å². The zero-order chi connectivity index (χ0) is 19.8. The molecule has 1 aromatic carbocycles. The van der Waals surface area contributed by atoms with Crippen LogP contribution in [-0.2, 0) is 9.47 Å². The van der Waals surface area contributed by atoms with Gasteiger partial charge in [0.05, 0.1) is 18.7 Å². The summed E-state index contributed by atoms with van der Waals surface area (Å²) in [6.45, 7) is 6.08. The number of carbonyl (C=O) groups excluding carboxylic acids is 2. The summed E-state index contributed by atoms with van der Waals surface area (Å²) in [6.07, 6.45) is 1.54. The van der Waals surface area contributed by atoms with Gasteiger partial charge < -0.3 is 14.4 Å². The Morgan fingerprint density at radius 1 is 1.15 bits per heavy atom. The van der Waals surface area contributed by atoms with E-state index in [1.165, 1.54) is 7.11 Å². The molecule has 2 fully saturated rings. The fourth-order valence-electron chi connectivity index (χ4n) is 4.18. The van der Waals surface area contributed by atoms with Crippen molar-refractivity contribution in [3.8, 4) is 0 Å². The highest BCUT2D eigenvalue weighted by Crippen LogP contribution is 2.55. The maximum absolute atomic E-state index is 13.6. The number of hydrogen-bond donors (Lipinski definition) is 0. The first-order valence-corrected chi connectivity index (χ1v) is 9.44. The van der Waals surface area contributed by atoms with Gasteiger partial charge >= 0.3 is 12.1 Å². The molecular formula is C21H28FNO4. The van der Waals surface area contributed by atoms with Crippen LogP contribution >= 0.6 is 0 Å². The van der Waals surface area contributed by atoms with Gasteiger partial charge in [0.15, 0.2) is 0 Å². The average Bonchev–Trinajstić information content (AvgIpc) is 2.58. The van der Waals surface area contributed by atoms with Crippen molar-refractivity contribution >= 4 is 12.1 Å². The number of esters is 1. The topological polar surface area (TPSA) is 55.8 Å². The van der Waals surface area contributed by atoms with Gasteiger partial charge in [0.1, 0.15) is 11.8 Å². The van der Waals surface area contributed by atoms with Crippen LogP contribution in [-0.4, -0.2) is 42.4 Å². The van der Waals surface area contributed by atoms with Crippen molar-refractivity contribution in [3.05, 3.63) is 35.4 Å². The molecule has 0 bridgehead atoms. The molecule has 1 heterocycles. The third kappa shape index (κ3) is 4.25. The van der Waals surface area contributed by atoms with Crippen molar-refractivity contribution in [1.29, 1.82) is 0 Å². The van der Waals surface area contributed by atoms with E-state index in [0.717, 1.165) is 12.0 Å². The summed E-state index contributed by atoms with van der Waals surface area (Å²) in [5.74, 6) is -0.398. The van der Waals surface area contributed by atoms with E-state index in [9.17, 15) is 14.0 Å². The van der Waals surface area contributed by atoms with Crippen LogP contribution in [0.4, 0.5) is 9.18 Å². The minimum Gasteiger partial charge on any atom is -0.465 e. The Hall–Kier alpha value is -2.11. The van der Waals surface area contributed by atoms with Crippen LogP contribution in [0.25, 0.3) is 0 Å². The number of likely N-dealkylation sites (tertiary alicyclic amines) is 1. The first-order chi connectivity index (χ1) is 12.6. The van der Waals surface area contributed by atoms with Crippen molar-refractivity contribution in [3.63, 3.8) is 0 Å². The van der Waals surface area contributed by atoms with E-state index in [1.807, 2.05) is 32.9 Å². The smallest absolute Gasteiger partial charge is 0.410 e. The number of piperidine rings is 1. The first-order valence-electron chi connectivity index (χ1n) is 9.44. The van der Waals surface area contributed by atoms with Gasteiger partial charge in [0, 0.05) is 6.54 Å². The lowest BCUT2D eigenvalue weighted by Gasteiger charge is -2.52. The number of halogens is 1. The van der Waals surface area contributed by atoms with Crippen molar-refractivity contribution < 1.29 is 23.5 Å². The van der Waals surface area contributed by atoms with Crippen LogP contribution < -0.4 is 0 Å². The number of hydrogen-bond acceptors (Lipinski definition) is 4. The van der Waals surface area contributed by atoms with Gasteiger partial charge in [-0.25, -0.2) is 14.0 Å². The van der Waals surface area contributed by atoms with Crippen LogP contribution in [0.5, 0.6) is 0 Å². The second-order valence-electron chi connectivity index (χ2n) is 8.76. The number of amides is 1. The van der Waals surface area contributed by atoms with Gasteiger partial charge in [0.25, 0.3) is 0 Å². The molecule has 1 aliphatic carbocycles. The number of nitrogens with zero attached hydrogens (tertiary/aromatic N) is 1. The van der Waals surface area contributed by atoms with Crippen LogP contribution in [0.15, 0.2) is 24.3 Å². The zero-order valence-electron chi connectivity index (χ0n) is 16.5. The summed E-state index contributed by atoms with van der Waals surface area (Å²) in [5.41, 5.74) is 0.772. The molecule has 0 N–H and O–H groups in total. The lowest BCUT2D eigenvalue weighted by molar-refractivity contribution is -0.0594. The van der Waals surface area contributed by atoms with Gasteiger partial charge in [-0.1, -0.05) is 12.1 Å². The van der Waals surface area contributed by atoms with Gasteiger partial charge in [-0.15, -0.1) is 0 Å². The van der Waals surface area contributed by atoms with Crippen molar-refractivity contribution in [2.24, 2.45) is 5.41 Å². The van der Waals surface area contributed by atoms with E-state index < -0.39 is 17.7 Å². The molecule has 1 aromatic rings. The predicted octanol–water partition coefficient (Wildman–Crippen LogP) is 4.66. The highest BCUT2D eigenvalue weighted by molar-refractivity contribution is 5.89. The van der Waals surface area contributed by atoms with Crippen LogP contribution in [0.3, 0.4) is 0 Å². The molecule has 1 spiro atoms. The lowest BCUT2D eigenvalue weighted by atomic mass is 9.60. The van der Waals surface area contributed by atoms with E-state index in [0.29, 0.717) is 31.4 Å². The van der Waals surface area contributed by atoms with Crippen molar-refractivity contribution in [2.45, 2.75) is 64.3 Å². The Balaban J connectivity index is 1.85. The highest BCUT2D eigenvalue weighted by Gasteiger charge is 2.50. The third-order valence-corrected chi connectivity index (χ3v) is 5.54. The maximum atomic E-state index is 13.6. The van der Waals surface area contributed by atoms with Crippen molar-refractivity contribution in [2.75, 3.05) is 13.7 Å². The molecule has 1 saturated carbocycles. The second-order valence-corrected chi connectivity index (χ2v) is 8.76. The Labute approximate surface area is 159 Å². The molecule has 1 atom stereocenters. The minimum atomic E-state index is -0.736. The SMILES string of the molecule is COC(=O)c1ccc([C@@H]2CC3(CCN2C(=O)OC(C)(C)C)CC(F)C3)cc1. The zero-order valence-corrected chi connectivity index (χ0v) is 16.5. The van der Waals surface area contributed by atoms with E-state index in [4.69, 9.17) is 9.47 Å². The Bertz CT molecular complexity index is 704. The predicted molar refractivity (Wildman–Crippen MR) is 99.3 cm³/mol. The second kappa shape index (κ2) is 7.13. The molecule has 2 aliphatic rings. The summed E-state index contributed by atoms with van der Waals surface area (Å²) in [6, 6.07) is 6.91. The monoisotopic (exact) mass is 377 g/mol. The number of ether oxygens (including phenoxy) is 2. The fraction of sp³-hybridized carbons (Fsp3) is 0.619. The molecule has 148 valence electrons. The van der Waals surface area contributed by atoms with Gasteiger partial charge in [-0.3, -0.25) is 0 Å². The Morgan fingerprint density at radius 3 is 2.30 bits per heavy atom. The summed E-state index contributed by atoms with van der Waals surface area (Å²) in [4.78, 5) is 26.2. The van der Waals surface area contributed by atoms with Crippen molar-refractivity contribution in [1.82, 2.24) is 4.90 Å². The maximum Gasteiger partial charge on any atom is 0.410 e. The number of rotatable bonds is 2. The number of methoxy groups -OCH3 is 1. The summed E-state index contributed by atoms with van der Waals surface area (Å²) >= 11 is 0. The lowest BCUT2D eigenvalue weighted by Crippen LogP contribution is -2.51. The average molecular weight is 377 g/mol. The molecule has 3 rings (SSSR count). The van der Waals surface area contributed by atoms with E-state index in [2.05, 4.69) is 0 Å². The number of carbonyl (C=O) groups is 2. The molecule has 1 amide bonds. The Kier molecular flexibility index (Phi) is 5.19. The number of benzene rings is 1. The largest absolute Gasteiger partial charge is 0.465 e. The molecule has 0 radical (unpaired) electrons. The van der Waals surface area contributed by atoms with E-state index in [1.54, 1.807) is 17.0 Å². The van der Waals surface area contributed by atoms with E-state index >= 15 is 0 Å². The van der Waals surface area contributed by atoms with Crippen LogP contribution in [0.2, 0.25) is 0 Å². The minimum absolute atomic E-state index is 0.0381. The fourth-order valence-corrected chi connectivity index (χ4v) is 4.18. The van der Waals surface area contributed by atoms with E-state index in [-0.39, 0.29) is 17.6 Å². The molecular weight excluding hydrogens is 349 g/mol. The van der Waals surface area contributed by atoms with Gasteiger partial charge in [0.2, 0.25) is 0 Å². The highest BCUT2D eigenvalue weighted by atomic mass is 19.1. The first kappa shape index (κ1) is 19.6. The summed E-state index contributed by atoms with van der Waals surface area (Å²) in [5, 5.41) is 0. The molecule has 1 aliphatic heterocycles.